The molecule has 1 aromatic heterocycles. The van der Waals surface area contributed by atoms with E-state index in [4.69, 9.17) is 4.74 Å². The molecule has 1 fully saturated rings. The lowest BCUT2D eigenvalue weighted by Gasteiger charge is -2.25. The third kappa shape index (κ3) is 3.90. The van der Waals surface area contributed by atoms with Gasteiger partial charge in [-0.2, -0.15) is 0 Å². The van der Waals surface area contributed by atoms with E-state index in [1.54, 1.807) is 23.1 Å². The van der Waals surface area contributed by atoms with Crippen LogP contribution in [0.2, 0.25) is 0 Å². The number of carbonyl (C=O) groups is 2. The van der Waals surface area contributed by atoms with Gasteiger partial charge in [-0.15, -0.1) is 0 Å². The highest BCUT2D eigenvalue weighted by Gasteiger charge is 2.47. The van der Waals surface area contributed by atoms with Gasteiger partial charge in [-0.1, -0.05) is 25.1 Å². The third-order valence-electron chi connectivity index (χ3n) is 6.03. The summed E-state index contributed by atoms with van der Waals surface area (Å²) >= 11 is 0. The average molecular weight is 447 g/mol. The second-order valence-electron chi connectivity index (χ2n) is 8.85. The normalized spacial score (nSPS) is 18.0. The zero-order chi connectivity index (χ0) is 23.9. The van der Waals surface area contributed by atoms with E-state index in [-0.39, 0.29) is 17.4 Å². The van der Waals surface area contributed by atoms with Gasteiger partial charge < -0.3 is 19.7 Å². The molecule has 2 heterocycles. The molecule has 0 aliphatic carbocycles. The molecular weight excluding hydrogens is 416 g/mol. The zero-order valence-electron chi connectivity index (χ0n) is 19.7. The van der Waals surface area contributed by atoms with Crippen molar-refractivity contribution in [2.24, 2.45) is 0 Å². The van der Waals surface area contributed by atoms with Crippen LogP contribution in [0.1, 0.15) is 55.6 Å². The third-order valence-corrected chi connectivity index (χ3v) is 6.03. The predicted octanol–water partition coefficient (Wildman–Crippen LogP) is 5.40. The number of nitrogens with one attached hydrogen (secondary N) is 1. The van der Waals surface area contributed by atoms with Crippen molar-refractivity contribution in [2.45, 2.75) is 53.2 Å². The van der Waals surface area contributed by atoms with Gasteiger partial charge in [0, 0.05) is 34.3 Å². The molecule has 4 rings (SSSR count). The van der Waals surface area contributed by atoms with E-state index in [1.807, 2.05) is 58.9 Å². The molecule has 2 aromatic carbocycles. The van der Waals surface area contributed by atoms with E-state index in [1.165, 1.54) is 0 Å². The van der Waals surface area contributed by atoms with E-state index < -0.39 is 17.7 Å². The number of Topliss-reactive ketones (excluding diaryl/α,β-unsaturated/α-hetero) is 1. The fraction of sp³-hybridized carbons (Fsp3) is 0.333. The number of aliphatic hydroxyl groups excluding tert-OH is 1. The summed E-state index contributed by atoms with van der Waals surface area (Å²) in [7, 11) is 0. The van der Waals surface area contributed by atoms with Crippen LogP contribution < -0.4 is 4.74 Å². The molecule has 0 spiro atoms. The number of aromatic amines is 1. The summed E-state index contributed by atoms with van der Waals surface area (Å²) in [6, 6.07) is 12.5. The summed E-state index contributed by atoms with van der Waals surface area (Å²) in [5.74, 6) is -0.682. The number of rotatable bonds is 6. The fourth-order valence-corrected chi connectivity index (χ4v) is 4.64. The number of aryl methyl sites for hydroxylation is 2. The Hall–Kier alpha value is -3.54. The number of H-pyrrole nitrogens is 1. The molecule has 1 amide bonds. The number of hydrogen-bond acceptors (Lipinski definition) is 4. The second kappa shape index (κ2) is 8.77. The first kappa shape index (κ1) is 22.6. The molecule has 2 N–H and O–H groups in total. The number of aliphatic hydroxyl groups is 1. The molecule has 1 aliphatic heterocycles. The Kier molecular flexibility index (Phi) is 6.02. The Morgan fingerprint density at radius 3 is 2.55 bits per heavy atom. The molecule has 172 valence electrons. The van der Waals surface area contributed by atoms with Crippen LogP contribution in [0, 0.1) is 13.8 Å². The maximum Gasteiger partial charge on any atom is 0.295 e. The highest BCUT2D eigenvalue weighted by atomic mass is 16.5. The van der Waals surface area contributed by atoms with Gasteiger partial charge in [0.1, 0.15) is 11.5 Å². The molecule has 6 nitrogen and oxygen atoms in total. The van der Waals surface area contributed by atoms with Crippen molar-refractivity contribution < 1.29 is 19.4 Å². The Balaban J connectivity index is 1.92. The van der Waals surface area contributed by atoms with Gasteiger partial charge in [0.25, 0.3) is 11.7 Å². The van der Waals surface area contributed by atoms with Gasteiger partial charge in [-0.05, 0) is 63.9 Å². The summed E-state index contributed by atoms with van der Waals surface area (Å²) in [4.78, 5) is 31.2. The predicted molar refractivity (Wildman–Crippen MR) is 129 cm³/mol. The summed E-state index contributed by atoms with van der Waals surface area (Å²) in [6.07, 6.45) is 0.720. The molecule has 0 radical (unpaired) electrons. The molecule has 1 unspecified atom stereocenters. The van der Waals surface area contributed by atoms with Crippen molar-refractivity contribution in [2.75, 3.05) is 6.54 Å². The van der Waals surface area contributed by atoms with Gasteiger partial charge in [0.15, 0.2) is 0 Å². The maximum absolute atomic E-state index is 13.2. The van der Waals surface area contributed by atoms with Crippen LogP contribution in [0.4, 0.5) is 0 Å². The molecule has 0 saturated carbocycles. The first-order valence-corrected chi connectivity index (χ1v) is 11.4. The van der Waals surface area contributed by atoms with E-state index in [2.05, 4.69) is 4.98 Å². The van der Waals surface area contributed by atoms with Gasteiger partial charge in [-0.25, -0.2) is 0 Å². The van der Waals surface area contributed by atoms with Crippen LogP contribution in [-0.2, 0) is 9.59 Å². The largest absolute Gasteiger partial charge is 0.507 e. The smallest absolute Gasteiger partial charge is 0.295 e. The second-order valence-corrected chi connectivity index (χ2v) is 8.85. The van der Waals surface area contributed by atoms with Gasteiger partial charge in [0.05, 0.1) is 17.7 Å². The number of para-hydroxylation sites is 1. The van der Waals surface area contributed by atoms with Crippen LogP contribution in [-0.4, -0.2) is 39.3 Å². The number of ether oxygens (including phenoxy) is 1. The molecule has 33 heavy (non-hydrogen) atoms. The highest BCUT2D eigenvalue weighted by Crippen LogP contribution is 2.43. The number of fused-ring (bicyclic) bond motifs is 1. The number of aromatic nitrogens is 1. The molecule has 0 bridgehead atoms. The van der Waals surface area contributed by atoms with Gasteiger partial charge >= 0.3 is 0 Å². The standard InChI is InChI=1S/C27H30N2O4/c1-6-13-29-24(22-17(5)28-20-10-8-7-9-19(20)22)23(26(31)27(29)32)25(30)18-11-12-21(16(4)14-18)33-15(2)3/h7-12,14-15,24,28,30H,6,13H2,1-5H3/b25-23+. The first-order chi connectivity index (χ1) is 15.7. The molecule has 6 heteroatoms. The minimum absolute atomic E-state index is 0.0207. The molecule has 1 aliphatic rings. The monoisotopic (exact) mass is 446 g/mol. The number of amides is 1. The van der Waals surface area contributed by atoms with Crippen molar-refractivity contribution in [1.29, 1.82) is 0 Å². The van der Waals surface area contributed by atoms with Crippen LogP contribution in [0.25, 0.3) is 16.7 Å². The number of benzene rings is 2. The maximum atomic E-state index is 13.2. The van der Waals surface area contributed by atoms with Crippen molar-refractivity contribution in [3.05, 3.63) is 70.4 Å². The Bertz CT molecular complexity index is 1270. The number of ketones is 1. The molecule has 1 saturated heterocycles. The number of nitrogens with zero attached hydrogens (tertiary/aromatic N) is 1. The van der Waals surface area contributed by atoms with Crippen LogP contribution >= 0.6 is 0 Å². The van der Waals surface area contributed by atoms with Crippen molar-refractivity contribution in [3.8, 4) is 5.75 Å². The number of carbonyl (C=O) groups excluding carboxylic acids is 2. The van der Waals surface area contributed by atoms with E-state index in [0.29, 0.717) is 18.5 Å². The summed E-state index contributed by atoms with van der Waals surface area (Å²) in [5, 5.41) is 12.3. The quantitative estimate of drug-likeness (QED) is 0.302. The Labute approximate surface area is 193 Å². The average Bonchev–Trinajstić information content (AvgIpc) is 3.22. The van der Waals surface area contributed by atoms with E-state index >= 15 is 0 Å². The fourth-order valence-electron chi connectivity index (χ4n) is 4.64. The Morgan fingerprint density at radius 1 is 1.15 bits per heavy atom. The topological polar surface area (TPSA) is 82.6 Å². The van der Waals surface area contributed by atoms with Gasteiger partial charge in [0.2, 0.25) is 0 Å². The number of likely N-dealkylation sites (tertiary alicyclic amines) is 1. The van der Waals surface area contributed by atoms with Crippen LogP contribution in [0.3, 0.4) is 0 Å². The summed E-state index contributed by atoms with van der Waals surface area (Å²) in [5.41, 5.74) is 4.09. The van der Waals surface area contributed by atoms with Crippen molar-refractivity contribution >= 4 is 28.4 Å². The minimum Gasteiger partial charge on any atom is -0.507 e. The van der Waals surface area contributed by atoms with Crippen LogP contribution in [0.5, 0.6) is 5.75 Å². The van der Waals surface area contributed by atoms with E-state index in [9.17, 15) is 14.7 Å². The lowest BCUT2D eigenvalue weighted by atomic mass is 9.93. The Morgan fingerprint density at radius 2 is 1.88 bits per heavy atom. The number of hydrogen-bond donors (Lipinski definition) is 2. The summed E-state index contributed by atoms with van der Waals surface area (Å²) < 4.78 is 5.81. The van der Waals surface area contributed by atoms with Crippen molar-refractivity contribution in [3.63, 3.8) is 0 Å². The lowest BCUT2D eigenvalue weighted by Crippen LogP contribution is -2.30. The molecular formula is C27H30N2O4. The highest BCUT2D eigenvalue weighted by molar-refractivity contribution is 6.46. The van der Waals surface area contributed by atoms with Gasteiger partial charge in [-0.3, -0.25) is 9.59 Å². The molecule has 3 aromatic rings. The van der Waals surface area contributed by atoms with E-state index in [0.717, 1.165) is 33.5 Å². The van der Waals surface area contributed by atoms with Crippen molar-refractivity contribution in [1.82, 2.24) is 9.88 Å². The van der Waals surface area contributed by atoms with Crippen LogP contribution in [0.15, 0.2) is 48.0 Å². The SMILES string of the molecule is CCCN1C(=O)C(=O)/C(=C(/O)c2ccc(OC(C)C)c(C)c2)C1c1c(C)[nH]c2ccccc12. The summed E-state index contributed by atoms with van der Waals surface area (Å²) in [6.45, 7) is 10.1. The minimum atomic E-state index is -0.659. The zero-order valence-corrected chi connectivity index (χ0v) is 19.7. The lowest BCUT2D eigenvalue weighted by molar-refractivity contribution is -0.139. The first-order valence-electron chi connectivity index (χ1n) is 11.4. The molecule has 1 atom stereocenters.